The van der Waals surface area contributed by atoms with Gasteiger partial charge in [-0.3, -0.25) is 14.6 Å². The smallest absolute Gasteiger partial charge is 0.343 e. The zero-order chi connectivity index (χ0) is 27.7. The lowest BCUT2D eigenvalue weighted by Gasteiger charge is -2.60. The Bertz CT molecular complexity index is 1230. The largest absolute Gasteiger partial charge is 0.423 e. The van der Waals surface area contributed by atoms with Crippen LogP contribution in [0.5, 0.6) is 0 Å². The number of aliphatic hydroxyl groups excluding tert-OH is 2. The van der Waals surface area contributed by atoms with E-state index < -0.39 is 17.5 Å². The maximum atomic E-state index is 12.8. The lowest BCUT2D eigenvalue weighted by atomic mass is 9.45. The molecule has 0 aromatic heterocycles. The molecule has 0 bridgehead atoms. The van der Waals surface area contributed by atoms with Gasteiger partial charge in [0.25, 0.3) is 0 Å². The van der Waals surface area contributed by atoms with E-state index in [4.69, 9.17) is 9.47 Å². The van der Waals surface area contributed by atoms with Crippen LogP contribution >= 0.6 is 0 Å². The Labute approximate surface area is 230 Å². The minimum atomic E-state index is -0.556. The number of esters is 1. The van der Waals surface area contributed by atoms with Gasteiger partial charge in [0, 0.05) is 17.5 Å². The van der Waals surface area contributed by atoms with E-state index in [0.717, 1.165) is 31.3 Å². The van der Waals surface area contributed by atoms with E-state index in [1.165, 1.54) is 0 Å². The maximum absolute atomic E-state index is 12.8. The van der Waals surface area contributed by atoms with Crippen molar-refractivity contribution in [1.29, 1.82) is 0 Å². The van der Waals surface area contributed by atoms with E-state index in [2.05, 4.69) is 17.9 Å². The van der Waals surface area contributed by atoms with Crippen molar-refractivity contribution in [3.8, 4) is 0 Å². The minimum Gasteiger partial charge on any atom is -0.423 e. The van der Waals surface area contributed by atoms with Crippen molar-refractivity contribution >= 4 is 11.9 Å². The quantitative estimate of drug-likeness (QED) is 0.411. The number of fused-ring (bicyclic) bond motifs is 2. The average molecular weight is 537 g/mol. The molecule has 8 atom stereocenters. The first-order chi connectivity index (χ1) is 18.6. The van der Waals surface area contributed by atoms with Gasteiger partial charge in [-0.1, -0.05) is 39.0 Å². The molecular formula is C31H40N2O6. The van der Waals surface area contributed by atoms with Crippen LogP contribution in [-0.2, 0) is 19.1 Å². The van der Waals surface area contributed by atoms with Gasteiger partial charge in [0.15, 0.2) is 0 Å². The third-order valence-electron chi connectivity index (χ3n) is 10.7. The summed E-state index contributed by atoms with van der Waals surface area (Å²) < 4.78 is 11.6. The van der Waals surface area contributed by atoms with Gasteiger partial charge in [-0.15, -0.1) is 0 Å². The fourth-order valence-electron chi connectivity index (χ4n) is 8.27. The number of amides is 1. The summed E-state index contributed by atoms with van der Waals surface area (Å²) in [5.41, 5.74) is 0.321. The second-order valence-corrected chi connectivity index (χ2v) is 12.8. The number of hydrogen-bond donors (Lipinski definition) is 2. The van der Waals surface area contributed by atoms with Gasteiger partial charge < -0.3 is 19.7 Å². The van der Waals surface area contributed by atoms with Gasteiger partial charge in [0.05, 0.1) is 36.5 Å². The van der Waals surface area contributed by atoms with Crippen LogP contribution in [0, 0.1) is 22.7 Å². The fourth-order valence-corrected chi connectivity index (χ4v) is 8.27. The van der Waals surface area contributed by atoms with E-state index in [0.29, 0.717) is 24.4 Å². The molecule has 0 radical (unpaired) electrons. The number of cyclic esters (lactones) is 1. The summed E-state index contributed by atoms with van der Waals surface area (Å²) in [5, 5.41) is 21.1. The van der Waals surface area contributed by atoms with Gasteiger partial charge >= 0.3 is 5.97 Å². The second-order valence-electron chi connectivity index (χ2n) is 12.8. The predicted octanol–water partition coefficient (Wildman–Crippen LogP) is 3.20. The number of aliphatic hydroxyl groups is 2. The predicted molar refractivity (Wildman–Crippen MR) is 145 cm³/mol. The maximum Gasteiger partial charge on any atom is 0.343 e. The van der Waals surface area contributed by atoms with Crippen LogP contribution in [0.1, 0.15) is 52.9 Å². The number of epoxide rings is 1. The van der Waals surface area contributed by atoms with Gasteiger partial charge in [-0.05, 0) is 74.3 Å². The molecule has 8 heteroatoms. The number of nitrogens with zero attached hydrogens (tertiary/aromatic N) is 2. The van der Waals surface area contributed by atoms with Crippen molar-refractivity contribution in [2.75, 3.05) is 20.3 Å². The number of rotatable bonds is 5. The first-order valence-corrected chi connectivity index (χ1v) is 14.3. The zero-order valence-corrected chi connectivity index (χ0v) is 23.3. The highest BCUT2D eigenvalue weighted by Gasteiger charge is 2.66. The summed E-state index contributed by atoms with van der Waals surface area (Å²) in [5.74, 6) is 0.336. The summed E-state index contributed by atoms with van der Waals surface area (Å²) in [4.78, 5) is 29.4. The van der Waals surface area contributed by atoms with Crippen LogP contribution in [0.3, 0.4) is 0 Å². The van der Waals surface area contributed by atoms with E-state index >= 15 is 0 Å². The van der Waals surface area contributed by atoms with Crippen molar-refractivity contribution in [2.24, 2.45) is 22.7 Å². The molecule has 2 aliphatic carbocycles. The number of carbonyl (C=O) groups excluding carboxylic acids is 2. The molecule has 1 amide bonds. The zero-order valence-electron chi connectivity index (χ0n) is 23.3. The van der Waals surface area contributed by atoms with Gasteiger partial charge in [-0.2, -0.15) is 0 Å². The van der Waals surface area contributed by atoms with E-state index in [9.17, 15) is 19.8 Å². The molecule has 5 unspecified atom stereocenters. The molecule has 6 aliphatic rings. The van der Waals surface area contributed by atoms with Crippen molar-refractivity contribution in [2.45, 2.75) is 76.8 Å². The van der Waals surface area contributed by atoms with Crippen molar-refractivity contribution in [3.05, 3.63) is 59.6 Å². The van der Waals surface area contributed by atoms with Crippen molar-refractivity contribution in [1.82, 2.24) is 9.80 Å². The Hall–Kier alpha value is -2.52. The number of ether oxygens (including phenoxy) is 2. The molecule has 1 spiro atoms. The average Bonchev–Trinajstić information content (AvgIpc) is 3.53. The number of allylic oxidation sites excluding steroid dienone is 4. The Kier molecular flexibility index (Phi) is 6.34. The molecule has 2 N–H and O–H groups in total. The van der Waals surface area contributed by atoms with Gasteiger partial charge in [-0.25, -0.2) is 4.79 Å². The number of carbonyl (C=O) groups is 2. The van der Waals surface area contributed by atoms with Crippen LogP contribution < -0.4 is 0 Å². The first-order valence-electron chi connectivity index (χ1n) is 14.3. The second kappa shape index (κ2) is 9.26. The van der Waals surface area contributed by atoms with Crippen LogP contribution in [-0.4, -0.2) is 76.1 Å². The molecule has 2 saturated heterocycles. The van der Waals surface area contributed by atoms with E-state index in [-0.39, 0.29) is 47.6 Å². The summed E-state index contributed by atoms with van der Waals surface area (Å²) >= 11 is 0. The third kappa shape index (κ3) is 4.02. The van der Waals surface area contributed by atoms with Crippen molar-refractivity contribution in [3.63, 3.8) is 0 Å². The summed E-state index contributed by atoms with van der Waals surface area (Å²) in [6.07, 6.45) is 16.7. The topological polar surface area (TPSA) is 103 Å². The Morgan fingerprint density at radius 3 is 2.67 bits per heavy atom. The lowest BCUT2D eigenvalue weighted by Crippen LogP contribution is -2.60. The molecule has 4 aliphatic heterocycles. The summed E-state index contributed by atoms with van der Waals surface area (Å²) in [7, 11) is 1.96. The Morgan fingerprint density at radius 1 is 1.21 bits per heavy atom. The Morgan fingerprint density at radius 2 is 1.97 bits per heavy atom. The molecule has 4 heterocycles. The molecule has 0 aromatic carbocycles. The highest BCUT2D eigenvalue weighted by molar-refractivity contribution is 5.95. The highest BCUT2D eigenvalue weighted by Crippen LogP contribution is 2.65. The summed E-state index contributed by atoms with van der Waals surface area (Å²) in [6.45, 7) is 6.93. The lowest BCUT2D eigenvalue weighted by molar-refractivity contribution is -0.167. The van der Waals surface area contributed by atoms with Crippen LogP contribution in [0.15, 0.2) is 59.6 Å². The molecule has 6 rings (SSSR count). The van der Waals surface area contributed by atoms with Crippen molar-refractivity contribution < 1.29 is 29.3 Å². The minimum absolute atomic E-state index is 0.0478. The first kappa shape index (κ1) is 26.7. The molecule has 0 aromatic rings. The van der Waals surface area contributed by atoms with Gasteiger partial charge in [0.1, 0.15) is 11.9 Å². The fraction of sp³-hybridized carbons (Fsp3) is 0.613. The van der Waals surface area contributed by atoms with E-state index in [1.807, 2.05) is 45.3 Å². The van der Waals surface area contributed by atoms with Crippen LogP contribution in [0.25, 0.3) is 0 Å². The molecule has 39 heavy (non-hydrogen) atoms. The molecular weight excluding hydrogens is 496 g/mol. The normalized spacial score (nSPS) is 44.6. The SMILES string of the molecule is CCC1C(=O)N2C=C(C=C3C=C(C=CC4C5(CCC6[C@]4(C)CC[C@@H](O)[C@@]6(C)CO)CO5)C(=O)O3)C=CC2N1C. The molecule has 2 saturated carbocycles. The summed E-state index contributed by atoms with van der Waals surface area (Å²) in [6, 6.07) is -0.133. The van der Waals surface area contributed by atoms with Crippen LogP contribution in [0.2, 0.25) is 0 Å². The standard InChI is InChI=1S/C31H40N2O6/c1-5-22-27(36)33-16-19(6-9-26(33)32(22)4)14-21-15-20(28(37)39-21)7-8-24-29(2)12-11-25(35)30(3,17-34)23(29)10-13-31(24)18-38-31/h6-9,14-16,22-26,34-35H,5,10-13,17-18H2,1-4H3/t22?,23?,24?,25-,26?,29+,30+,31?/m1/s1. The molecule has 210 valence electrons. The van der Waals surface area contributed by atoms with Gasteiger partial charge in [0.2, 0.25) is 5.91 Å². The number of likely N-dealkylation sites (N-methyl/N-ethyl adjacent to an activating group) is 1. The Balaban J connectivity index is 1.24. The molecule has 4 fully saturated rings. The van der Waals surface area contributed by atoms with E-state index in [1.54, 1.807) is 17.1 Å². The monoisotopic (exact) mass is 536 g/mol. The molecule has 8 nitrogen and oxygen atoms in total. The number of hydrogen-bond acceptors (Lipinski definition) is 7. The van der Waals surface area contributed by atoms with Crippen LogP contribution in [0.4, 0.5) is 0 Å². The third-order valence-corrected chi connectivity index (χ3v) is 10.7. The highest BCUT2D eigenvalue weighted by atomic mass is 16.6.